The molecule has 0 aromatic rings. The van der Waals surface area contributed by atoms with Gasteiger partial charge in [0.2, 0.25) is 0 Å². The van der Waals surface area contributed by atoms with Crippen molar-refractivity contribution in [2.24, 2.45) is 0 Å². The lowest BCUT2D eigenvalue weighted by molar-refractivity contribution is -0.313. The van der Waals surface area contributed by atoms with Gasteiger partial charge in [-0.05, 0) is 13.3 Å². The van der Waals surface area contributed by atoms with Crippen LogP contribution in [0.1, 0.15) is 26.7 Å². The van der Waals surface area contributed by atoms with Crippen LogP contribution in [0.4, 0.5) is 0 Å². The summed E-state index contributed by atoms with van der Waals surface area (Å²) >= 11 is 0. The predicted molar refractivity (Wildman–Crippen MR) is 34.7 cm³/mol. The van der Waals surface area contributed by atoms with Crippen LogP contribution < -0.4 is 0 Å². The van der Waals surface area contributed by atoms with E-state index in [2.05, 4.69) is 4.89 Å². The molecular formula is C6H12O4. The van der Waals surface area contributed by atoms with E-state index in [1.54, 1.807) is 0 Å². The molecule has 0 aliphatic carbocycles. The number of carboxylic acids is 1. The lowest BCUT2D eigenvalue weighted by Crippen LogP contribution is -2.37. The topological polar surface area (TPSA) is 66.8 Å². The molecule has 10 heavy (non-hydrogen) atoms. The molecule has 4 heteroatoms. The molecule has 0 radical (unpaired) electrons. The smallest absolute Gasteiger partial charge is 0.339 e. The Morgan fingerprint density at radius 1 is 1.70 bits per heavy atom. The number of carbonyl (C=O) groups is 1. The lowest BCUT2D eigenvalue weighted by Gasteiger charge is -2.18. The van der Waals surface area contributed by atoms with Gasteiger partial charge in [-0.25, -0.2) is 9.68 Å². The zero-order chi connectivity index (χ0) is 8.20. The number of aliphatic carboxylic acids is 1. The number of hydrogen-bond donors (Lipinski definition) is 2. The highest BCUT2D eigenvalue weighted by Crippen LogP contribution is 2.15. The molecule has 0 rings (SSSR count). The highest BCUT2D eigenvalue weighted by Gasteiger charge is 2.33. The summed E-state index contributed by atoms with van der Waals surface area (Å²) in [5.41, 5.74) is -1.44. The summed E-state index contributed by atoms with van der Waals surface area (Å²) in [5.74, 6) is -1.14. The Bertz CT molecular complexity index is 123. The Labute approximate surface area is 59.4 Å². The van der Waals surface area contributed by atoms with Crippen molar-refractivity contribution in [3.05, 3.63) is 0 Å². The van der Waals surface area contributed by atoms with Gasteiger partial charge in [0.05, 0.1) is 0 Å². The van der Waals surface area contributed by atoms with Crippen molar-refractivity contribution >= 4 is 5.97 Å². The maximum Gasteiger partial charge on any atom is 0.339 e. The zero-order valence-corrected chi connectivity index (χ0v) is 6.13. The summed E-state index contributed by atoms with van der Waals surface area (Å²) in [6.07, 6.45) is 0.961. The molecule has 60 valence electrons. The van der Waals surface area contributed by atoms with Gasteiger partial charge >= 0.3 is 5.97 Å². The minimum atomic E-state index is -1.44. The summed E-state index contributed by atoms with van der Waals surface area (Å²) in [4.78, 5) is 14.2. The second-order valence-corrected chi connectivity index (χ2v) is 2.38. The van der Waals surface area contributed by atoms with Crippen molar-refractivity contribution in [1.29, 1.82) is 0 Å². The van der Waals surface area contributed by atoms with Crippen molar-refractivity contribution in [2.45, 2.75) is 32.3 Å². The van der Waals surface area contributed by atoms with Crippen molar-refractivity contribution in [2.75, 3.05) is 0 Å². The summed E-state index contributed by atoms with van der Waals surface area (Å²) in [6.45, 7) is 3.15. The highest BCUT2D eigenvalue weighted by molar-refractivity contribution is 5.76. The first-order valence-corrected chi connectivity index (χ1v) is 3.13. The van der Waals surface area contributed by atoms with Gasteiger partial charge in [-0.1, -0.05) is 13.3 Å². The second-order valence-electron chi connectivity index (χ2n) is 2.38. The highest BCUT2D eigenvalue weighted by atomic mass is 17.1. The Balaban J connectivity index is 4.08. The normalized spacial score (nSPS) is 16.3. The molecule has 0 fully saturated rings. The molecule has 2 N–H and O–H groups in total. The van der Waals surface area contributed by atoms with E-state index in [9.17, 15) is 4.79 Å². The van der Waals surface area contributed by atoms with Crippen molar-refractivity contribution < 1.29 is 20.0 Å². The third kappa shape index (κ3) is 1.97. The van der Waals surface area contributed by atoms with Gasteiger partial charge in [0, 0.05) is 0 Å². The Morgan fingerprint density at radius 3 is 2.30 bits per heavy atom. The third-order valence-electron chi connectivity index (χ3n) is 1.38. The number of hydrogen-bond acceptors (Lipinski definition) is 3. The first-order valence-electron chi connectivity index (χ1n) is 3.13. The maximum absolute atomic E-state index is 10.4. The van der Waals surface area contributed by atoms with Crippen LogP contribution in [0.25, 0.3) is 0 Å². The zero-order valence-electron chi connectivity index (χ0n) is 6.13. The average Bonchev–Trinajstić information content (AvgIpc) is 1.88. The largest absolute Gasteiger partial charge is 0.479 e. The van der Waals surface area contributed by atoms with E-state index in [0.29, 0.717) is 12.8 Å². The average molecular weight is 148 g/mol. The van der Waals surface area contributed by atoms with Gasteiger partial charge < -0.3 is 5.11 Å². The molecule has 0 aromatic heterocycles. The van der Waals surface area contributed by atoms with E-state index in [1.165, 1.54) is 6.92 Å². The van der Waals surface area contributed by atoms with Gasteiger partial charge in [-0.15, -0.1) is 0 Å². The van der Waals surface area contributed by atoms with E-state index in [4.69, 9.17) is 10.4 Å². The fraction of sp³-hybridized carbons (Fsp3) is 0.833. The van der Waals surface area contributed by atoms with Crippen LogP contribution in [0.5, 0.6) is 0 Å². The van der Waals surface area contributed by atoms with Gasteiger partial charge in [0.1, 0.15) is 0 Å². The van der Waals surface area contributed by atoms with Crippen LogP contribution in [-0.2, 0) is 9.68 Å². The minimum absolute atomic E-state index is 0.304. The third-order valence-corrected chi connectivity index (χ3v) is 1.38. The molecule has 0 bridgehead atoms. The maximum atomic E-state index is 10.4. The fourth-order valence-electron chi connectivity index (χ4n) is 0.669. The number of rotatable bonds is 4. The first-order chi connectivity index (χ1) is 4.56. The quantitative estimate of drug-likeness (QED) is 0.463. The van der Waals surface area contributed by atoms with E-state index in [0.717, 1.165) is 0 Å². The molecule has 0 aliphatic rings. The lowest BCUT2D eigenvalue weighted by atomic mass is 10.0. The van der Waals surface area contributed by atoms with Gasteiger partial charge in [0.15, 0.2) is 5.60 Å². The molecule has 0 spiro atoms. The molecule has 4 nitrogen and oxygen atoms in total. The minimum Gasteiger partial charge on any atom is -0.479 e. The summed E-state index contributed by atoms with van der Waals surface area (Å²) in [6, 6.07) is 0. The molecule has 1 unspecified atom stereocenters. The van der Waals surface area contributed by atoms with Gasteiger partial charge in [-0.3, -0.25) is 5.26 Å². The van der Waals surface area contributed by atoms with Crippen LogP contribution in [0.3, 0.4) is 0 Å². The van der Waals surface area contributed by atoms with Gasteiger partial charge in [-0.2, -0.15) is 0 Å². The molecule has 0 saturated carbocycles. The monoisotopic (exact) mass is 148 g/mol. The number of carboxylic acid groups (broad SMARTS) is 1. The van der Waals surface area contributed by atoms with Crippen molar-refractivity contribution in [3.63, 3.8) is 0 Å². The summed E-state index contributed by atoms with van der Waals surface area (Å²) < 4.78 is 0. The van der Waals surface area contributed by atoms with Crippen molar-refractivity contribution in [3.8, 4) is 0 Å². The van der Waals surface area contributed by atoms with Crippen LogP contribution in [0, 0.1) is 0 Å². The fourth-order valence-corrected chi connectivity index (χ4v) is 0.669. The molecule has 0 amide bonds. The first kappa shape index (κ1) is 9.39. The molecule has 0 heterocycles. The molecule has 1 atom stereocenters. The Kier molecular flexibility index (Phi) is 3.32. The molecule has 0 aliphatic heterocycles. The Hall–Kier alpha value is -0.610. The standard InChI is InChI=1S/C6H12O4/c1-3-4-6(2,10-9)5(7)8/h9H,3-4H2,1-2H3,(H,7,8). The van der Waals surface area contributed by atoms with E-state index in [1.807, 2.05) is 6.92 Å². The van der Waals surface area contributed by atoms with E-state index in [-0.39, 0.29) is 0 Å². The van der Waals surface area contributed by atoms with Crippen LogP contribution >= 0.6 is 0 Å². The van der Waals surface area contributed by atoms with Crippen LogP contribution in [0.2, 0.25) is 0 Å². The second kappa shape index (κ2) is 3.53. The SMILES string of the molecule is CCCC(C)(OO)C(=O)O. The van der Waals surface area contributed by atoms with Crippen LogP contribution in [0.15, 0.2) is 0 Å². The molecule has 0 aromatic carbocycles. The summed E-state index contributed by atoms with van der Waals surface area (Å²) in [5, 5.41) is 16.7. The predicted octanol–water partition coefficient (Wildman–Crippen LogP) is 1.12. The van der Waals surface area contributed by atoms with Crippen molar-refractivity contribution in [1.82, 2.24) is 0 Å². The molecule has 0 saturated heterocycles. The Morgan fingerprint density at radius 2 is 2.20 bits per heavy atom. The van der Waals surface area contributed by atoms with Crippen LogP contribution in [-0.4, -0.2) is 21.9 Å². The molecular weight excluding hydrogens is 136 g/mol. The van der Waals surface area contributed by atoms with E-state index < -0.39 is 11.6 Å². The summed E-state index contributed by atoms with van der Waals surface area (Å²) in [7, 11) is 0. The van der Waals surface area contributed by atoms with Gasteiger partial charge in [0.25, 0.3) is 0 Å². The van der Waals surface area contributed by atoms with E-state index >= 15 is 0 Å².